The highest BCUT2D eigenvalue weighted by molar-refractivity contribution is 5.85. The van der Waals surface area contributed by atoms with Crippen LogP contribution >= 0.6 is 12.4 Å². The van der Waals surface area contributed by atoms with Crippen molar-refractivity contribution < 1.29 is 9.59 Å². The number of hydrogen-bond acceptors (Lipinski definition) is 3. The molecule has 5 nitrogen and oxygen atoms in total. The van der Waals surface area contributed by atoms with Gasteiger partial charge in [-0.2, -0.15) is 0 Å². The molecule has 0 bridgehead atoms. The predicted molar refractivity (Wildman–Crippen MR) is 93.4 cm³/mol. The highest BCUT2D eigenvalue weighted by Crippen LogP contribution is 2.13. The van der Waals surface area contributed by atoms with Gasteiger partial charge in [0.15, 0.2) is 0 Å². The van der Waals surface area contributed by atoms with Crippen LogP contribution in [0.3, 0.4) is 0 Å². The van der Waals surface area contributed by atoms with Gasteiger partial charge in [0.2, 0.25) is 11.8 Å². The van der Waals surface area contributed by atoms with E-state index >= 15 is 0 Å². The van der Waals surface area contributed by atoms with Crippen LogP contribution in [0.2, 0.25) is 0 Å². The van der Waals surface area contributed by atoms with Gasteiger partial charge >= 0.3 is 0 Å². The first-order valence-electron chi connectivity index (χ1n) is 7.92. The first-order chi connectivity index (χ1) is 10.6. The second-order valence-corrected chi connectivity index (χ2v) is 5.96. The molecule has 1 aromatic carbocycles. The smallest absolute Gasteiger partial charge is 0.224 e. The number of likely N-dealkylation sites (tertiary alicyclic amines) is 1. The molecule has 0 spiro atoms. The minimum absolute atomic E-state index is 0. The van der Waals surface area contributed by atoms with Gasteiger partial charge in [-0.3, -0.25) is 9.59 Å². The van der Waals surface area contributed by atoms with Crippen molar-refractivity contribution >= 4 is 24.2 Å². The molecular weight excluding hydrogens is 314 g/mol. The minimum atomic E-state index is -0.178. The van der Waals surface area contributed by atoms with Crippen molar-refractivity contribution in [2.24, 2.45) is 11.7 Å². The number of benzene rings is 1. The van der Waals surface area contributed by atoms with E-state index in [9.17, 15) is 9.59 Å². The molecule has 1 aliphatic heterocycles. The second kappa shape index (κ2) is 9.53. The Morgan fingerprint density at radius 1 is 1.35 bits per heavy atom. The number of carbonyl (C=O) groups is 2. The third-order valence-electron chi connectivity index (χ3n) is 4.16. The molecule has 128 valence electrons. The summed E-state index contributed by atoms with van der Waals surface area (Å²) in [5.41, 5.74) is 6.67. The SMILES string of the molecule is CC(CN)C(=O)NC1CCN(C(=O)CCc2ccccc2)C1.Cl. The summed E-state index contributed by atoms with van der Waals surface area (Å²) in [6.45, 7) is 3.48. The Morgan fingerprint density at radius 2 is 2.04 bits per heavy atom. The lowest BCUT2D eigenvalue weighted by molar-refractivity contribution is -0.130. The van der Waals surface area contributed by atoms with Gasteiger partial charge in [-0.15, -0.1) is 12.4 Å². The summed E-state index contributed by atoms with van der Waals surface area (Å²) in [7, 11) is 0. The van der Waals surface area contributed by atoms with Crippen LogP contribution in [0.15, 0.2) is 30.3 Å². The fourth-order valence-electron chi connectivity index (χ4n) is 2.61. The molecule has 2 unspecified atom stereocenters. The molecule has 0 aromatic heterocycles. The van der Waals surface area contributed by atoms with Gasteiger partial charge in [0.25, 0.3) is 0 Å². The molecule has 23 heavy (non-hydrogen) atoms. The number of halogens is 1. The lowest BCUT2D eigenvalue weighted by atomic mass is 10.1. The Labute approximate surface area is 144 Å². The molecule has 1 heterocycles. The van der Waals surface area contributed by atoms with Crippen LogP contribution in [-0.4, -0.2) is 42.4 Å². The maximum absolute atomic E-state index is 12.2. The van der Waals surface area contributed by atoms with Crippen molar-refractivity contribution in [1.82, 2.24) is 10.2 Å². The number of aryl methyl sites for hydroxylation is 1. The Bertz CT molecular complexity index is 510. The van der Waals surface area contributed by atoms with Gasteiger partial charge in [-0.25, -0.2) is 0 Å². The van der Waals surface area contributed by atoms with Crippen LogP contribution in [0.4, 0.5) is 0 Å². The van der Waals surface area contributed by atoms with Crippen molar-refractivity contribution in [3.8, 4) is 0 Å². The summed E-state index contributed by atoms with van der Waals surface area (Å²) >= 11 is 0. The number of hydrogen-bond donors (Lipinski definition) is 2. The van der Waals surface area contributed by atoms with Crippen molar-refractivity contribution in [2.75, 3.05) is 19.6 Å². The van der Waals surface area contributed by atoms with Crippen LogP contribution in [0.25, 0.3) is 0 Å². The van der Waals surface area contributed by atoms with E-state index in [1.165, 1.54) is 5.56 Å². The van der Waals surface area contributed by atoms with E-state index in [1.54, 1.807) is 0 Å². The Kier molecular flexibility index (Phi) is 8.06. The highest BCUT2D eigenvalue weighted by Gasteiger charge is 2.27. The molecule has 1 aromatic rings. The van der Waals surface area contributed by atoms with Gasteiger partial charge in [0.1, 0.15) is 0 Å². The van der Waals surface area contributed by atoms with Gasteiger partial charge in [-0.05, 0) is 18.4 Å². The predicted octanol–water partition coefficient (Wildman–Crippen LogP) is 1.35. The summed E-state index contributed by atoms with van der Waals surface area (Å²) in [5.74, 6) is -0.0404. The van der Waals surface area contributed by atoms with Crippen LogP contribution < -0.4 is 11.1 Å². The molecule has 0 aliphatic carbocycles. The van der Waals surface area contributed by atoms with E-state index < -0.39 is 0 Å². The quantitative estimate of drug-likeness (QED) is 0.821. The summed E-state index contributed by atoms with van der Waals surface area (Å²) < 4.78 is 0. The van der Waals surface area contributed by atoms with Gasteiger partial charge in [0, 0.05) is 38.0 Å². The molecule has 1 aliphatic rings. The zero-order valence-corrected chi connectivity index (χ0v) is 14.3. The number of nitrogens with zero attached hydrogens (tertiary/aromatic N) is 1. The normalized spacial score (nSPS) is 18.2. The van der Waals surface area contributed by atoms with E-state index in [-0.39, 0.29) is 36.2 Å². The average molecular weight is 340 g/mol. The maximum atomic E-state index is 12.2. The lowest BCUT2D eigenvalue weighted by Gasteiger charge is -2.18. The number of amides is 2. The second-order valence-electron chi connectivity index (χ2n) is 5.96. The first kappa shape index (κ1) is 19.5. The molecule has 0 saturated carbocycles. The molecule has 1 fully saturated rings. The zero-order valence-electron chi connectivity index (χ0n) is 13.5. The lowest BCUT2D eigenvalue weighted by Crippen LogP contribution is -2.42. The van der Waals surface area contributed by atoms with Crippen molar-refractivity contribution in [3.63, 3.8) is 0 Å². The van der Waals surface area contributed by atoms with E-state index in [4.69, 9.17) is 5.73 Å². The fourth-order valence-corrected chi connectivity index (χ4v) is 2.61. The maximum Gasteiger partial charge on any atom is 0.224 e. The molecule has 0 radical (unpaired) electrons. The van der Waals surface area contributed by atoms with Gasteiger partial charge in [-0.1, -0.05) is 37.3 Å². The summed E-state index contributed by atoms with van der Waals surface area (Å²) in [6.07, 6.45) is 2.10. The molecule has 2 rings (SSSR count). The van der Waals surface area contributed by atoms with E-state index in [0.717, 1.165) is 19.4 Å². The zero-order chi connectivity index (χ0) is 15.9. The largest absolute Gasteiger partial charge is 0.351 e. The minimum Gasteiger partial charge on any atom is -0.351 e. The third kappa shape index (κ3) is 5.84. The fraction of sp³-hybridized carbons (Fsp3) is 0.529. The summed E-state index contributed by atoms with van der Waals surface area (Å²) in [5, 5.41) is 2.98. The molecule has 6 heteroatoms. The van der Waals surface area contributed by atoms with E-state index in [1.807, 2.05) is 42.2 Å². The molecule has 2 atom stereocenters. The summed E-state index contributed by atoms with van der Waals surface area (Å²) in [6, 6.07) is 10.1. The Morgan fingerprint density at radius 3 is 2.70 bits per heavy atom. The average Bonchev–Trinajstić information content (AvgIpc) is 3.01. The van der Waals surface area contributed by atoms with Crippen molar-refractivity contribution in [3.05, 3.63) is 35.9 Å². The highest BCUT2D eigenvalue weighted by atomic mass is 35.5. The van der Waals surface area contributed by atoms with Crippen LogP contribution in [0.5, 0.6) is 0 Å². The number of nitrogens with two attached hydrogens (primary N) is 1. The summed E-state index contributed by atoms with van der Waals surface area (Å²) in [4.78, 5) is 25.9. The standard InChI is InChI=1S/C17H25N3O2.ClH/c1-13(11-18)17(22)19-15-9-10-20(12-15)16(21)8-7-14-5-3-2-4-6-14;/h2-6,13,15H,7-12,18H2,1H3,(H,19,22);1H. The van der Waals surface area contributed by atoms with E-state index in [2.05, 4.69) is 5.32 Å². The third-order valence-corrected chi connectivity index (χ3v) is 4.16. The van der Waals surface area contributed by atoms with E-state index in [0.29, 0.717) is 19.5 Å². The number of nitrogens with one attached hydrogen (secondary N) is 1. The van der Waals surface area contributed by atoms with Crippen molar-refractivity contribution in [2.45, 2.75) is 32.2 Å². The molecule has 3 N–H and O–H groups in total. The Balaban J connectivity index is 0.00000264. The van der Waals surface area contributed by atoms with Gasteiger partial charge < -0.3 is 16.0 Å². The number of carbonyl (C=O) groups excluding carboxylic acids is 2. The van der Waals surface area contributed by atoms with Crippen molar-refractivity contribution in [1.29, 1.82) is 0 Å². The van der Waals surface area contributed by atoms with Gasteiger partial charge in [0.05, 0.1) is 0 Å². The topological polar surface area (TPSA) is 75.4 Å². The van der Waals surface area contributed by atoms with Crippen LogP contribution in [0.1, 0.15) is 25.3 Å². The monoisotopic (exact) mass is 339 g/mol. The molecular formula is C17H26ClN3O2. The molecule has 1 saturated heterocycles. The number of rotatable bonds is 6. The van der Waals surface area contributed by atoms with Crippen LogP contribution in [0, 0.1) is 5.92 Å². The van der Waals surface area contributed by atoms with Crippen LogP contribution in [-0.2, 0) is 16.0 Å². The Hall–Kier alpha value is -1.59. The first-order valence-corrected chi connectivity index (χ1v) is 7.92. The molecule has 2 amide bonds.